The molecule has 0 radical (unpaired) electrons. The summed E-state index contributed by atoms with van der Waals surface area (Å²) in [6.45, 7) is 0. The van der Waals surface area contributed by atoms with E-state index in [1.54, 1.807) is 12.1 Å². The van der Waals surface area contributed by atoms with Gasteiger partial charge in [-0.25, -0.2) is 0 Å². The molecule has 2 rings (SSSR count). The SMILES string of the molecule is NC(CC1CCSCC1)c1cccc(OC(F)(F)F)c1. The summed E-state index contributed by atoms with van der Waals surface area (Å²) in [5.41, 5.74) is 6.81. The minimum atomic E-state index is -4.66. The highest BCUT2D eigenvalue weighted by Crippen LogP contribution is 2.31. The zero-order chi connectivity index (χ0) is 14.6. The summed E-state index contributed by atoms with van der Waals surface area (Å²) in [6.07, 6.45) is -1.58. The van der Waals surface area contributed by atoms with Gasteiger partial charge in [0.25, 0.3) is 0 Å². The molecule has 1 aliphatic rings. The number of rotatable bonds is 4. The predicted molar refractivity (Wildman–Crippen MR) is 74.7 cm³/mol. The average molecular weight is 305 g/mol. The van der Waals surface area contributed by atoms with Crippen LogP contribution in [0.15, 0.2) is 24.3 Å². The van der Waals surface area contributed by atoms with E-state index in [-0.39, 0.29) is 11.8 Å². The number of ether oxygens (including phenoxy) is 1. The van der Waals surface area contributed by atoms with Gasteiger partial charge < -0.3 is 10.5 Å². The van der Waals surface area contributed by atoms with Crippen molar-refractivity contribution in [3.8, 4) is 5.75 Å². The molecule has 1 aromatic carbocycles. The molecule has 0 saturated carbocycles. The molecule has 0 aromatic heterocycles. The van der Waals surface area contributed by atoms with Crippen molar-refractivity contribution in [2.24, 2.45) is 11.7 Å². The van der Waals surface area contributed by atoms with Crippen LogP contribution in [0.3, 0.4) is 0 Å². The van der Waals surface area contributed by atoms with E-state index in [0.29, 0.717) is 11.5 Å². The van der Waals surface area contributed by atoms with Crippen LogP contribution in [0.25, 0.3) is 0 Å². The lowest BCUT2D eigenvalue weighted by Gasteiger charge is -2.24. The average Bonchev–Trinajstić information content (AvgIpc) is 2.38. The van der Waals surface area contributed by atoms with E-state index >= 15 is 0 Å². The van der Waals surface area contributed by atoms with Gasteiger partial charge in [-0.05, 0) is 54.4 Å². The van der Waals surface area contributed by atoms with Crippen molar-refractivity contribution in [1.82, 2.24) is 0 Å². The summed E-state index contributed by atoms with van der Waals surface area (Å²) in [5, 5.41) is 0. The molecule has 1 atom stereocenters. The van der Waals surface area contributed by atoms with Gasteiger partial charge in [-0.3, -0.25) is 0 Å². The van der Waals surface area contributed by atoms with Crippen molar-refractivity contribution >= 4 is 11.8 Å². The Morgan fingerprint density at radius 3 is 2.65 bits per heavy atom. The van der Waals surface area contributed by atoms with E-state index in [1.165, 1.54) is 12.1 Å². The molecular formula is C14H18F3NOS. The van der Waals surface area contributed by atoms with Crippen molar-refractivity contribution < 1.29 is 17.9 Å². The highest BCUT2D eigenvalue weighted by molar-refractivity contribution is 7.99. The quantitative estimate of drug-likeness (QED) is 0.909. The van der Waals surface area contributed by atoms with Gasteiger partial charge in [-0.1, -0.05) is 12.1 Å². The summed E-state index contributed by atoms with van der Waals surface area (Å²) in [6, 6.07) is 5.75. The van der Waals surface area contributed by atoms with Crippen LogP contribution in [0.1, 0.15) is 30.9 Å². The molecule has 0 bridgehead atoms. The Labute approximate surface area is 120 Å². The van der Waals surface area contributed by atoms with Gasteiger partial charge in [-0.15, -0.1) is 13.2 Å². The van der Waals surface area contributed by atoms with Gasteiger partial charge in [0, 0.05) is 6.04 Å². The van der Waals surface area contributed by atoms with E-state index in [0.717, 1.165) is 30.8 Å². The van der Waals surface area contributed by atoms with Crippen LogP contribution in [0, 0.1) is 5.92 Å². The van der Waals surface area contributed by atoms with Crippen LogP contribution in [0.2, 0.25) is 0 Å². The van der Waals surface area contributed by atoms with Crippen molar-refractivity contribution in [3.63, 3.8) is 0 Å². The van der Waals surface area contributed by atoms with Crippen LogP contribution in [-0.2, 0) is 0 Å². The maximum Gasteiger partial charge on any atom is 0.573 e. The molecule has 2 nitrogen and oxygen atoms in total. The summed E-state index contributed by atoms with van der Waals surface area (Å²) in [4.78, 5) is 0. The Morgan fingerprint density at radius 1 is 1.30 bits per heavy atom. The number of hydrogen-bond acceptors (Lipinski definition) is 3. The van der Waals surface area contributed by atoms with E-state index in [1.807, 2.05) is 11.8 Å². The molecule has 112 valence electrons. The van der Waals surface area contributed by atoms with Crippen LogP contribution in [-0.4, -0.2) is 17.9 Å². The molecule has 2 N–H and O–H groups in total. The van der Waals surface area contributed by atoms with Gasteiger partial charge in [0.1, 0.15) is 5.75 Å². The lowest BCUT2D eigenvalue weighted by Crippen LogP contribution is -2.20. The highest BCUT2D eigenvalue weighted by Gasteiger charge is 2.31. The molecule has 1 saturated heterocycles. The second-order valence-corrected chi connectivity index (χ2v) is 6.24. The minimum absolute atomic E-state index is 0.204. The highest BCUT2D eigenvalue weighted by atomic mass is 32.2. The first-order chi connectivity index (χ1) is 9.44. The monoisotopic (exact) mass is 305 g/mol. The molecule has 0 aliphatic carbocycles. The zero-order valence-corrected chi connectivity index (χ0v) is 11.8. The molecule has 1 heterocycles. The van der Waals surface area contributed by atoms with Crippen LogP contribution in [0.4, 0.5) is 13.2 Å². The smallest absolute Gasteiger partial charge is 0.406 e. The number of nitrogens with two attached hydrogens (primary N) is 1. The van der Waals surface area contributed by atoms with Crippen molar-refractivity contribution in [2.45, 2.75) is 31.7 Å². The number of thioether (sulfide) groups is 1. The molecule has 1 unspecified atom stereocenters. The number of halogens is 3. The van der Waals surface area contributed by atoms with E-state index < -0.39 is 6.36 Å². The Balaban J connectivity index is 1.98. The third-order valence-corrected chi connectivity index (χ3v) is 4.50. The fraction of sp³-hybridized carbons (Fsp3) is 0.571. The minimum Gasteiger partial charge on any atom is -0.406 e. The maximum atomic E-state index is 12.2. The third-order valence-electron chi connectivity index (χ3n) is 3.45. The molecule has 0 spiro atoms. The first-order valence-electron chi connectivity index (χ1n) is 6.63. The standard InChI is InChI=1S/C14H18F3NOS/c15-14(16,17)19-12-3-1-2-11(9-12)13(18)8-10-4-6-20-7-5-10/h1-3,9-10,13H,4-8,18H2. The Morgan fingerprint density at radius 2 is 2.00 bits per heavy atom. The van der Waals surface area contributed by atoms with Gasteiger partial charge in [0.15, 0.2) is 0 Å². The van der Waals surface area contributed by atoms with Crippen molar-refractivity contribution in [1.29, 1.82) is 0 Å². The van der Waals surface area contributed by atoms with E-state index in [9.17, 15) is 13.2 Å². The summed E-state index contributed by atoms with van der Waals surface area (Å²) in [5.74, 6) is 2.66. The first kappa shape index (κ1) is 15.5. The zero-order valence-electron chi connectivity index (χ0n) is 11.0. The van der Waals surface area contributed by atoms with Crippen LogP contribution >= 0.6 is 11.8 Å². The maximum absolute atomic E-state index is 12.2. The topological polar surface area (TPSA) is 35.2 Å². The van der Waals surface area contributed by atoms with Crippen LogP contribution < -0.4 is 10.5 Å². The predicted octanol–water partition coefficient (Wildman–Crippen LogP) is 4.12. The number of benzene rings is 1. The van der Waals surface area contributed by atoms with Gasteiger partial charge >= 0.3 is 6.36 Å². The second kappa shape index (κ2) is 6.72. The first-order valence-corrected chi connectivity index (χ1v) is 7.78. The fourth-order valence-corrected chi connectivity index (χ4v) is 3.62. The lowest BCUT2D eigenvalue weighted by molar-refractivity contribution is -0.274. The molecule has 1 aliphatic heterocycles. The summed E-state index contributed by atoms with van der Waals surface area (Å²) in [7, 11) is 0. The number of alkyl halides is 3. The molecule has 20 heavy (non-hydrogen) atoms. The summed E-state index contributed by atoms with van der Waals surface area (Å²) >= 11 is 1.94. The molecule has 6 heteroatoms. The largest absolute Gasteiger partial charge is 0.573 e. The molecular weight excluding hydrogens is 287 g/mol. The van der Waals surface area contributed by atoms with Crippen molar-refractivity contribution in [3.05, 3.63) is 29.8 Å². The lowest BCUT2D eigenvalue weighted by atomic mass is 9.91. The molecule has 0 amide bonds. The van der Waals surface area contributed by atoms with Gasteiger partial charge in [0.05, 0.1) is 0 Å². The summed E-state index contributed by atoms with van der Waals surface area (Å²) < 4.78 is 40.5. The third kappa shape index (κ3) is 4.90. The Kier molecular flexibility index (Phi) is 5.21. The normalized spacial score (nSPS) is 18.8. The van der Waals surface area contributed by atoms with E-state index in [4.69, 9.17) is 5.73 Å². The van der Waals surface area contributed by atoms with Gasteiger partial charge in [0.2, 0.25) is 0 Å². The van der Waals surface area contributed by atoms with Gasteiger partial charge in [-0.2, -0.15) is 11.8 Å². The second-order valence-electron chi connectivity index (χ2n) is 5.02. The van der Waals surface area contributed by atoms with E-state index in [2.05, 4.69) is 4.74 Å². The van der Waals surface area contributed by atoms with Crippen LogP contribution in [0.5, 0.6) is 5.75 Å². The molecule has 1 aromatic rings. The molecule has 1 fully saturated rings. The Bertz CT molecular complexity index is 433. The van der Waals surface area contributed by atoms with Crippen molar-refractivity contribution in [2.75, 3.05) is 11.5 Å². The number of hydrogen-bond donors (Lipinski definition) is 1. The fourth-order valence-electron chi connectivity index (χ4n) is 2.42. The Hall–Kier alpha value is -0.880.